The molecule has 0 radical (unpaired) electrons. The maximum Gasteiger partial charge on any atom is 0.181 e. The fraction of sp³-hybridized carbons (Fsp3) is 0.222. The van der Waals surface area contributed by atoms with Gasteiger partial charge in [-0.15, -0.1) is 11.3 Å². The van der Waals surface area contributed by atoms with Gasteiger partial charge in [0.05, 0.1) is 17.1 Å². The lowest BCUT2D eigenvalue weighted by Crippen LogP contribution is -2.29. The molecule has 1 saturated heterocycles. The Labute approximate surface area is 211 Å². The van der Waals surface area contributed by atoms with Crippen LogP contribution in [0.5, 0.6) is 0 Å². The highest BCUT2D eigenvalue weighted by Gasteiger charge is 2.17. The third-order valence-electron chi connectivity index (χ3n) is 6.81. The van der Waals surface area contributed by atoms with Crippen molar-refractivity contribution in [1.29, 1.82) is 0 Å². The van der Waals surface area contributed by atoms with Gasteiger partial charge in [0.25, 0.3) is 0 Å². The Morgan fingerprint density at radius 2 is 1.83 bits per heavy atom. The van der Waals surface area contributed by atoms with Crippen LogP contribution in [0.2, 0.25) is 0 Å². The van der Waals surface area contributed by atoms with E-state index in [1.54, 1.807) is 11.3 Å². The summed E-state index contributed by atoms with van der Waals surface area (Å²) < 4.78 is 0. The zero-order chi connectivity index (χ0) is 23.9. The highest BCUT2D eigenvalue weighted by molar-refractivity contribution is 7.13. The summed E-state index contributed by atoms with van der Waals surface area (Å²) >= 11 is 1.68. The zero-order valence-electron chi connectivity index (χ0n) is 19.6. The summed E-state index contributed by atoms with van der Waals surface area (Å²) in [6.07, 6.45) is 13.3. The quantitative estimate of drug-likeness (QED) is 0.322. The van der Waals surface area contributed by atoms with Gasteiger partial charge in [-0.2, -0.15) is 5.10 Å². The highest BCUT2D eigenvalue weighted by atomic mass is 32.1. The number of H-pyrrole nitrogens is 2. The molecule has 6 aromatic rings. The lowest BCUT2D eigenvalue weighted by molar-refractivity contribution is 0.220. The Morgan fingerprint density at radius 3 is 2.72 bits per heavy atom. The lowest BCUT2D eigenvalue weighted by Gasteiger charge is -2.26. The van der Waals surface area contributed by atoms with Crippen molar-refractivity contribution in [3.63, 3.8) is 0 Å². The number of hydrogen-bond donors (Lipinski definition) is 2. The summed E-state index contributed by atoms with van der Waals surface area (Å²) in [6.45, 7) is 3.27. The van der Waals surface area contributed by atoms with Gasteiger partial charge in [0, 0.05) is 52.9 Å². The third kappa shape index (κ3) is 3.86. The molecule has 0 aliphatic carbocycles. The van der Waals surface area contributed by atoms with Crippen LogP contribution in [0.15, 0.2) is 60.6 Å². The predicted octanol–water partition coefficient (Wildman–Crippen LogP) is 5.67. The average molecular weight is 493 g/mol. The zero-order valence-corrected chi connectivity index (χ0v) is 20.4. The number of likely N-dealkylation sites (tertiary alicyclic amines) is 1. The van der Waals surface area contributed by atoms with E-state index in [0.717, 1.165) is 63.3 Å². The van der Waals surface area contributed by atoms with Crippen molar-refractivity contribution < 1.29 is 0 Å². The molecule has 9 heteroatoms. The van der Waals surface area contributed by atoms with Crippen molar-refractivity contribution in [1.82, 2.24) is 40.0 Å². The maximum atomic E-state index is 4.94. The van der Waals surface area contributed by atoms with Crippen LogP contribution in [0.25, 0.3) is 55.2 Å². The van der Waals surface area contributed by atoms with Crippen molar-refractivity contribution in [3.8, 4) is 33.1 Å². The van der Waals surface area contributed by atoms with Crippen molar-refractivity contribution >= 4 is 33.4 Å². The normalized spacial score (nSPS) is 14.7. The minimum Gasteiger partial charge on any atom is -0.335 e. The Morgan fingerprint density at radius 1 is 0.944 bits per heavy atom. The third-order valence-corrected chi connectivity index (χ3v) is 7.71. The molecule has 2 N–H and O–H groups in total. The van der Waals surface area contributed by atoms with Crippen LogP contribution >= 0.6 is 11.3 Å². The predicted molar refractivity (Wildman–Crippen MR) is 142 cm³/mol. The molecule has 0 aromatic carbocycles. The monoisotopic (exact) mass is 492 g/mol. The first-order valence-corrected chi connectivity index (χ1v) is 13.1. The smallest absolute Gasteiger partial charge is 0.181 e. The van der Waals surface area contributed by atoms with Crippen LogP contribution in [-0.2, 0) is 6.54 Å². The number of aromatic nitrogens is 7. The molecule has 0 atom stereocenters. The van der Waals surface area contributed by atoms with Crippen molar-refractivity contribution in [2.24, 2.45) is 0 Å². The van der Waals surface area contributed by atoms with E-state index in [-0.39, 0.29) is 0 Å². The molecule has 1 aliphatic heterocycles. The van der Waals surface area contributed by atoms with Crippen molar-refractivity contribution in [2.75, 3.05) is 13.1 Å². The first-order valence-electron chi connectivity index (χ1n) is 12.2. The van der Waals surface area contributed by atoms with Gasteiger partial charge < -0.3 is 4.98 Å². The van der Waals surface area contributed by atoms with Gasteiger partial charge in [-0.3, -0.25) is 20.0 Å². The molecule has 1 fully saturated rings. The molecule has 7 heterocycles. The summed E-state index contributed by atoms with van der Waals surface area (Å²) in [6, 6.07) is 8.47. The van der Waals surface area contributed by atoms with Gasteiger partial charge in [0.15, 0.2) is 11.5 Å². The number of aromatic amines is 2. The van der Waals surface area contributed by atoms with E-state index in [0.29, 0.717) is 11.5 Å². The number of fused-ring (bicyclic) bond motifs is 2. The number of rotatable bonds is 5. The average Bonchev–Trinajstić information content (AvgIpc) is 3.68. The Kier molecular flexibility index (Phi) is 5.29. The molecule has 0 unspecified atom stereocenters. The summed E-state index contributed by atoms with van der Waals surface area (Å²) in [5.74, 6) is 0.717. The molecule has 0 spiro atoms. The van der Waals surface area contributed by atoms with E-state index < -0.39 is 0 Å². The second-order valence-corrected chi connectivity index (χ2v) is 10.2. The molecule has 0 amide bonds. The van der Waals surface area contributed by atoms with Crippen LogP contribution in [-0.4, -0.2) is 53.1 Å². The molecule has 7 rings (SSSR count). The van der Waals surface area contributed by atoms with Gasteiger partial charge in [0.2, 0.25) is 0 Å². The number of hydrogen-bond acceptors (Lipinski definition) is 7. The van der Waals surface area contributed by atoms with E-state index in [1.807, 2.05) is 37.1 Å². The number of thiophene rings is 1. The molecular formula is C27H24N8S. The van der Waals surface area contributed by atoms with Crippen molar-refractivity contribution in [3.05, 3.63) is 66.2 Å². The summed E-state index contributed by atoms with van der Waals surface area (Å²) in [4.78, 5) is 25.6. The highest BCUT2D eigenvalue weighted by Crippen LogP contribution is 2.33. The van der Waals surface area contributed by atoms with Crippen LogP contribution in [0, 0.1) is 0 Å². The van der Waals surface area contributed by atoms with E-state index in [4.69, 9.17) is 4.98 Å². The molecule has 1 aliphatic rings. The van der Waals surface area contributed by atoms with E-state index in [2.05, 4.69) is 58.6 Å². The van der Waals surface area contributed by atoms with Gasteiger partial charge in [0.1, 0.15) is 11.2 Å². The Balaban J connectivity index is 1.26. The molecule has 6 aromatic heterocycles. The second kappa shape index (κ2) is 8.92. The van der Waals surface area contributed by atoms with Gasteiger partial charge in [-0.25, -0.2) is 9.97 Å². The van der Waals surface area contributed by atoms with Gasteiger partial charge >= 0.3 is 0 Å². The largest absolute Gasteiger partial charge is 0.335 e. The molecule has 178 valence electrons. The summed E-state index contributed by atoms with van der Waals surface area (Å²) in [7, 11) is 0. The van der Waals surface area contributed by atoms with Crippen LogP contribution < -0.4 is 0 Å². The molecule has 0 saturated carbocycles. The second-order valence-electron chi connectivity index (χ2n) is 9.26. The first-order chi connectivity index (χ1) is 17.8. The minimum atomic E-state index is 0.656. The molecule has 36 heavy (non-hydrogen) atoms. The number of imidazole rings is 1. The van der Waals surface area contributed by atoms with Crippen LogP contribution in [0.1, 0.15) is 24.8 Å². The minimum absolute atomic E-state index is 0.656. The van der Waals surface area contributed by atoms with E-state index in [1.165, 1.54) is 24.8 Å². The van der Waals surface area contributed by atoms with Gasteiger partial charge in [-0.05, 0) is 55.1 Å². The summed E-state index contributed by atoms with van der Waals surface area (Å²) in [5, 5.41) is 10.6. The van der Waals surface area contributed by atoms with E-state index >= 15 is 0 Å². The standard InChI is InChI=1S/C27H24N8S/c1-2-6-35(7-3-1)16-17-9-18(12-28-11-17)19-10-20-25(33-34-26(20)30-13-19)27-31-22-15-29-14-21(24(22)32-27)23-5-4-8-36-23/h4-5,8-15H,1-3,6-7,16H2,(H,31,32)(H,30,33,34). The van der Waals surface area contributed by atoms with E-state index in [9.17, 15) is 0 Å². The van der Waals surface area contributed by atoms with Gasteiger partial charge in [-0.1, -0.05) is 12.5 Å². The number of piperidine rings is 1. The fourth-order valence-electron chi connectivity index (χ4n) is 5.01. The van der Waals surface area contributed by atoms with Crippen LogP contribution in [0.4, 0.5) is 0 Å². The topological polar surface area (TPSA) is 99.3 Å². The number of nitrogens with one attached hydrogen (secondary N) is 2. The maximum absolute atomic E-state index is 4.94. The molecular weight excluding hydrogens is 468 g/mol. The Bertz CT molecular complexity index is 1660. The van der Waals surface area contributed by atoms with Crippen molar-refractivity contribution in [2.45, 2.75) is 25.8 Å². The Hall–Kier alpha value is -3.95. The summed E-state index contributed by atoms with van der Waals surface area (Å²) in [5.41, 5.74) is 7.56. The number of nitrogens with zero attached hydrogens (tertiary/aromatic N) is 6. The fourth-order valence-corrected chi connectivity index (χ4v) is 5.75. The molecule has 8 nitrogen and oxygen atoms in total. The SMILES string of the molecule is c1csc(-c2cncc3[nH]c(-c4[nH]nc5ncc(-c6cncc(CN7CCCCC7)c6)cc45)nc23)c1. The lowest BCUT2D eigenvalue weighted by atomic mass is 10.1. The first kappa shape index (κ1) is 21.3. The van der Waals surface area contributed by atoms with Crippen LogP contribution in [0.3, 0.4) is 0 Å². The molecule has 0 bridgehead atoms. The number of pyridine rings is 3.